The van der Waals surface area contributed by atoms with Crippen molar-refractivity contribution in [3.63, 3.8) is 0 Å². The van der Waals surface area contributed by atoms with Gasteiger partial charge in [0.2, 0.25) is 0 Å². The van der Waals surface area contributed by atoms with Crippen LogP contribution in [0.15, 0.2) is 5.38 Å². The molecular weight excluding hydrogens is 298 g/mol. The van der Waals surface area contributed by atoms with Crippen LogP contribution in [0.5, 0.6) is 0 Å². The van der Waals surface area contributed by atoms with Crippen molar-refractivity contribution in [3.05, 3.63) is 16.1 Å². The number of carbonyl (C=O) groups is 1. The maximum Gasteiger partial charge on any atom is 0.317 e. The number of urea groups is 1. The molecule has 1 atom stereocenters. The zero-order chi connectivity index (χ0) is 15.8. The molecule has 0 bridgehead atoms. The molecule has 0 unspecified atom stereocenters. The SMILES string of the molecule is Cc1csc(CCCNC(=O)N(C)CCC[C@@H]2CCCO2)n1. The van der Waals surface area contributed by atoms with E-state index in [0.717, 1.165) is 49.5 Å². The van der Waals surface area contributed by atoms with E-state index < -0.39 is 0 Å². The molecule has 6 heteroatoms. The van der Waals surface area contributed by atoms with E-state index >= 15 is 0 Å². The number of rotatable bonds is 8. The van der Waals surface area contributed by atoms with E-state index in [1.807, 2.05) is 14.0 Å². The summed E-state index contributed by atoms with van der Waals surface area (Å²) in [5.74, 6) is 0. The van der Waals surface area contributed by atoms with Gasteiger partial charge in [-0.3, -0.25) is 0 Å². The lowest BCUT2D eigenvalue weighted by molar-refractivity contribution is 0.100. The Bertz CT molecular complexity index is 458. The molecule has 1 fully saturated rings. The van der Waals surface area contributed by atoms with Crippen LogP contribution < -0.4 is 5.32 Å². The van der Waals surface area contributed by atoms with Gasteiger partial charge in [0.25, 0.3) is 0 Å². The van der Waals surface area contributed by atoms with Crippen LogP contribution in [-0.2, 0) is 11.2 Å². The van der Waals surface area contributed by atoms with Crippen LogP contribution in [0.2, 0.25) is 0 Å². The van der Waals surface area contributed by atoms with E-state index in [1.165, 1.54) is 12.8 Å². The van der Waals surface area contributed by atoms with Crippen LogP contribution in [0.3, 0.4) is 0 Å². The molecule has 22 heavy (non-hydrogen) atoms. The fourth-order valence-corrected chi connectivity index (χ4v) is 3.44. The summed E-state index contributed by atoms with van der Waals surface area (Å²) in [7, 11) is 1.86. The summed E-state index contributed by atoms with van der Waals surface area (Å²) in [6.07, 6.45) is 6.70. The van der Waals surface area contributed by atoms with Crippen LogP contribution in [-0.4, -0.2) is 48.8 Å². The second-order valence-electron chi connectivity index (χ2n) is 5.92. The summed E-state index contributed by atoms with van der Waals surface area (Å²) in [5.41, 5.74) is 1.08. The van der Waals surface area contributed by atoms with Gasteiger partial charge in [0.15, 0.2) is 0 Å². The summed E-state index contributed by atoms with van der Waals surface area (Å²) in [6, 6.07) is 0.0164. The van der Waals surface area contributed by atoms with Gasteiger partial charge in [0.1, 0.15) is 0 Å². The maximum atomic E-state index is 12.0. The average Bonchev–Trinajstić information content (AvgIpc) is 3.15. The molecule has 1 aromatic heterocycles. The average molecular weight is 325 g/mol. The first-order valence-electron chi connectivity index (χ1n) is 8.16. The minimum Gasteiger partial charge on any atom is -0.378 e. The summed E-state index contributed by atoms with van der Waals surface area (Å²) in [6.45, 7) is 4.40. The molecule has 0 saturated carbocycles. The molecule has 1 N–H and O–H groups in total. The molecule has 0 aromatic carbocycles. The molecule has 2 heterocycles. The summed E-state index contributed by atoms with van der Waals surface area (Å²) in [5, 5.41) is 6.19. The molecule has 124 valence electrons. The van der Waals surface area contributed by atoms with Crippen LogP contribution >= 0.6 is 11.3 Å². The molecule has 0 spiro atoms. The molecule has 1 aliphatic rings. The zero-order valence-electron chi connectivity index (χ0n) is 13.6. The molecule has 2 amide bonds. The summed E-state index contributed by atoms with van der Waals surface area (Å²) < 4.78 is 5.59. The first kappa shape index (κ1) is 17.2. The molecule has 0 radical (unpaired) electrons. The van der Waals surface area contributed by atoms with Gasteiger partial charge in [-0.1, -0.05) is 0 Å². The smallest absolute Gasteiger partial charge is 0.317 e. The Labute approximate surface area is 137 Å². The van der Waals surface area contributed by atoms with Gasteiger partial charge >= 0.3 is 6.03 Å². The van der Waals surface area contributed by atoms with Gasteiger partial charge in [0, 0.05) is 44.2 Å². The number of aromatic nitrogens is 1. The molecule has 2 rings (SSSR count). The predicted octanol–water partition coefficient (Wildman–Crippen LogP) is 2.98. The van der Waals surface area contributed by atoms with Crippen LogP contribution in [0, 0.1) is 6.92 Å². The van der Waals surface area contributed by atoms with Crippen molar-refractivity contribution in [2.24, 2.45) is 0 Å². The number of thiazole rings is 1. The number of carbonyl (C=O) groups excluding carboxylic acids is 1. The molecule has 1 aliphatic heterocycles. The van der Waals surface area contributed by atoms with Crippen molar-refractivity contribution >= 4 is 17.4 Å². The highest BCUT2D eigenvalue weighted by Crippen LogP contribution is 2.16. The Morgan fingerprint density at radius 2 is 2.41 bits per heavy atom. The van der Waals surface area contributed by atoms with E-state index in [2.05, 4.69) is 15.7 Å². The standard InChI is InChI=1S/C16H27N3O2S/c1-13-12-22-15(18-13)8-3-9-17-16(20)19(2)10-4-6-14-7-5-11-21-14/h12,14H,3-11H2,1-2H3,(H,17,20)/t14-/m1/s1. The van der Waals surface area contributed by atoms with Gasteiger partial charge < -0.3 is 15.0 Å². The largest absolute Gasteiger partial charge is 0.378 e. The predicted molar refractivity (Wildman–Crippen MR) is 89.4 cm³/mol. The minimum atomic E-state index is 0.0164. The third kappa shape index (κ3) is 5.93. The normalized spacial score (nSPS) is 17.6. The van der Waals surface area contributed by atoms with E-state index in [1.54, 1.807) is 16.2 Å². The lowest BCUT2D eigenvalue weighted by atomic mass is 10.1. The number of amides is 2. The number of nitrogens with one attached hydrogen (secondary N) is 1. The quantitative estimate of drug-likeness (QED) is 0.748. The van der Waals surface area contributed by atoms with Crippen molar-refractivity contribution in [1.82, 2.24) is 15.2 Å². The third-order valence-electron chi connectivity index (χ3n) is 3.90. The summed E-state index contributed by atoms with van der Waals surface area (Å²) >= 11 is 1.69. The number of ether oxygens (including phenoxy) is 1. The number of aryl methyl sites for hydroxylation is 2. The second kappa shape index (κ2) is 9.10. The number of hydrogen-bond donors (Lipinski definition) is 1. The van der Waals surface area contributed by atoms with Crippen LogP contribution in [0.1, 0.15) is 42.8 Å². The zero-order valence-corrected chi connectivity index (χ0v) is 14.5. The Balaban J connectivity index is 1.52. The topological polar surface area (TPSA) is 54.5 Å². The molecule has 0 aliphatic carbocycles. The first-order chi connectivity index (χ1) is 10.6. The fraction of sp³-hybridized carbons (Fsp3) is 0.750. The van der Waals surface area contributed by atoms with Gasteiger partial charge in [0.05, 0.1) is 11.1 Å². The van der Waals surface area contributed by atoms with Gasteiger partial charge in [-0.05, 0) is 39.0 Å². The molecule has 1 aromatic rings. The van der Waals surface area contributed by atoms with E-state index in [9.17, 15) is 4.79 Å². The first-order valence-corrected chi connectivity index (χ1v) is 9.04. The minimum absolute atomic E-state index is 0.0164. The van der Waals surface area contributed by atoms with Crippen LogP contribution in [0.4, 0.5) is 4.79 Å². The Hall–Kier alpha value is -1.14. The number of hydrogen-bond acceptors (Lipinski definition) is 4. The van der Waals surface area contributed by atoms with Gasteiger partial charge in [-0.15, -0.1) is 11.3 Å². The lowest BCUT2D eigenvalue weighted by Gasteiger charge is -2.18. The van der Waals surface area contributed by atoms with E-state index in [0.29, 0.717) is 12.6 Å². The van der Waals surface area contributed by atoms with Gasteiger partial charge in [-0.2, -0.15) is 0 Å². The Morgan fingerprint density at radius 3 is 3.09 bits per heavy atom. The van der Waals surface area contributed by atoms with Crippen LogP contribution in [0.25, 0.3) is 0 Å². The van der Waals surface area contributed by atoms with Crippen molar-refractivity contribution in [1.29, 1.82) is 0 Å². The monoisotopic (exact) mass is 325 g/mol. The van der Waals surface area contributed by atoms with Crippen molar-refractivity contribution in [2.75, 3.05) is 26.7 Å². The Kier molecular flexibility index (Phi) is 7.12. The molecule has 1 saturated heterocycles. The Morgan fingerprint density at radius 1 is 1.55 bits per heavy atom. The number of nitrogens with zero attached hydrogens (tertiary/aromatic N) is 2. The van der Waals surface area contributed by atoms with Crippen molar-refractivity contribution < 1.29 is 9.53 Å². The second-order valence-corrected chi connectivity index (χ2v) is 6.86. The van der Waals surface area contributed by atoms with Crippen molar-refractivity contribution in [2.45, 2.75) is 51.6 Å². The van der Waals surface area contributed by atoms with Crippen molar-refractivity contribution in [3.8, 4) is 0 Å². The highest BCUT2D eigenvalue weighted by molar-refractivity contribution is 7.09. The van der Waals surface area contributed by atoms with E-state index in [-0.39, 0.29) is 6.03 Å². The third-order valence-corrected chi connectivity index (χ3v) is 4.93. The molecule has 5 nitrogen and oxygen atoms in total. The lowest BCUT2D eigenvalue weighted by Crippen LogP contribution is -2.38. The summed E-state index contributed by atoms with van der Waals surface area (Å²) in [4.78, 5) is 18.1. The molecular formula is C16H27N3O2S. The van der Waals surface area contributed by atoms with E-state index in [4.69, 9.17) is 4.74 Å². The fourth-order valence-electron chi connectivity index (χ4n) is 2.62. The highest BCUT2D eigenvalue weighted by Gasteiger charge is 2.15. The highest BCUT2D eigenvalue weighted by atomic mass is 32.1. The van der Waals surface area contributed by atoms with Gasteiger partial charge in [-0.25, -0.2) is 9.78 Å². The maximum absolute atomic E-state index is 12.0.